The summed E-state index contributed by atoms with van der Waals surface area (Å²) in [5.74, 6) is 0. The van der Waals surface area contributed by atoms with Crippen molar-refractivity contribution in [2.45, 2.75) is 56.1 Å². The number of anilines is 1. The van der Waals surface area contributed by atoms with Crippen molar-refractivity contribution in [1.82, 2.24) is 14.2 Å². The fraction of sp³-hybridized carbons (Fsp3) is 0.357. The SMILES string of the molecule is COCN(c1cc(C(F)(F)F)cnc1C(O)c1ccnc2c1ccn2[Si](C)(C)C(C)(C)C)S(=O)(=O)c1ccc(Cl)c(Cl)c1. The average Bonchev–Trinajstić information content (AvgIpc) is 3.36. The smallest absolute Gasteiger partial charge is 0.382 e. The lowest BCUT2D eigenvalue weighted by Gasteiger charge is -2.38. The highest BCUT2D eigenvalue weighted by molar-refractivity contribution is 7.92. The highest BCUT2D eigenvalue weighted by atomic mass is 35.5. The van der Waals surface area contributed by atoms with Crippen molar-refractivity contribution in [3.05, 3.63) is 81.9 Å². The zero-order chi connectivity index (χ0) is 32.1. The van der Waals surface area contributed by atoms with Crippen LogP contribution in [0.5, 0.6) is 0 Å². The van der Waals surface area contributed by atoms with Gasteiger partial charge in [0.1, 0.15) is 18.5 Å². The third kappa shape index (κ3) is 6.15. The molecule has 3 heterocycles. The van der Waals surface area contributed by atoms with Crippen molar-refractivity contribution in [2.24, 2.45) is 0 Å². The molecule has 1 N–H and O–H groups in total. The number of hydrogen-bond donors (Lipinski definition) is 1. The molecule has 232 valence electrons. The Bertz CT molecular complexity index is 1780. The Balaban J connectivity index is 1.95. The summed E-state index contributed by atoms with van der Waals surface area (Å²) in [6.07, 6.45) is -2.56. The molecule has 43 heavy (non-hydrogen) atoms. The number of ether oxygens (including phenoxy) is 1. The Morgan fingerprint density at radius 3 is 2.33 bits per heavy atom. The van der Waals surface area contributed by atoms with Crippen molar-refractivity contribution in [3.63, 3.8) is 0 Å². The van der Waals surface area contributed by atoms with Gasteiger partial charge in [-0.1, -0.05) is 57.1 Å². The number of rotatable bonds is 8. The van der Waals surface area contributed by atoms with Gasteiger partial charge in [0.2, 0.25) is 0 Å². The van der Waals surface area contributed by atoms with E-state index in [2.05, 4.69) is 48.1 Å². The first kappa shape index (κ1) is 33.2. The number of benzene rings is 1. The topological polar surface area (TPSA) is 97.6 Å². The van der Waals surface area contributed by atoms with Crippen LogP contribution in [0.25, 0.3) is 11.0 Å². The van der Waals surface area contributed by atoms with Gasteiger partial charge in [0.15, 0.2) is 8.24 Å². The van der Waals surface area contributed by atoms with Crippen molar-refractivity contribution in [1.29, 1.82) is 0 Å². The number of hydrogen-bond acceptors (Lipinski definition) is 6. The molecule has 3 aromatic heterocycles. The molecule has 1 aromatic carbocycles. The van der Waals surface area contributed by atoms with Gasteiger partial charge in [0.05, 0.1) is 31.9 Å². The van der Waals surface area contributed by atoms with E-state index in [1.54, 1.807) is 6.07 Å². The number of aliphatic hydroxyl groups is 1. The predicted molar refractivity (Wildman–Crippen MR) is 164 cm³/mol. The molecule has 0 spiro atoms. The summed E-state index contributed by atoms with van der Waals surface area (Å²) in [4.78, 5) is 8.17. The van der Waals surface area contributed by atoms with Gasteiger partial charge in [-0.3, -0.25) is 4.98 Å². The highest BCUT2D eigenvalue weighted by Gasteiger charge is 2.40. The maximum Gasteiger partial charge on any atom is 0.417 e. The molecule has 0 radical (unpaired) electrons. The predicted octanol–water partition coefficient (Wildman–Crippen LogP) is 7.49. The fourth-order valence-corrected chi connectivity index (χ4v) is 8.09. The van der Waals surface area contributed by atoms with E-state index in [1.807, 2.05) is 6.20 Å². The fourth-order valence-electron chi connectivity index (χ4n) is 4.44. The van der Waals surface area contributed by atoms with E-state index in [-0.39, 0.29) is 25.7 Å². The Kier molecular flexibility index (Phi) is 9.02. The van der Waals surface area contributed by atoms with Crippen LogP contribution in [0.1, 0.15) is 43.7 Å². The van der Waals surface area contributed by atoms with Gasteiger partial charge in [0.25, 0.3) is 10.0 Å². The normalized spacial score (nSPS) is 13.9. The van der Waals surface area contributed by atoms with Gasteiger partial charge in [-0.25, -0.2) is 17.7 Å². The van der Waals surface area contributed by atoms with Crippen LogP contribution in [-0.4, -0.2) is 49.8 Å². The number of alkyl halides is 3. The molecule has 0 amide bonds. The summed E-state index contributed by atoms with van der Waals surface area (Å²) in [5, 5.41) is 12.2. The van der Waals surface area contributed by atoms with Crippen LogP contribution in [0, 0.1) is 0 Å². The second-order valence-electron chi connectivity index (χ2n) is 11.5. The molecule has 1 atom stereocenters. The van der Waals surface area contributed by atoms with Crippen molar-refractivity contribution in [2.75, 3.05) is 18.1 Å². The summed E-state index contributed by atoms with van der Waals surface area (Å²) >= 11 is 12.0. The van der Waals surface area contributed by atoms with E-state index in [4.69, 9.17) is 27.9 Å². The van der Waals surface area contributed by atoms with E-state index in [1.165, 1.54) is 31.5 Å². The van der Waals surface area contributed by atoms with Crippen LogP contribution < -0.4 is 4.31 Å². The lowest BCUT2D eigenvalue weighted by Crippen LogP contribution is -2.45. The highest BCUT2D eigenvalue weighted by Crippen LogP contribution is 2.42. The zero-order valence-electron chi connectivity index (χ0n) is 24.2. The molecule has 1 unspecified atom stereocenters. The molecular weight excluding hydrogens is 644 g/mol. The Morgan fingerprint density at radius 1 is 1.07 bits per heavy atom. The number of fused-ring (bicyclic) bond motifs is 1. The molecule has 0 bridgehead atoms. The largest absolute Gasteiger partial charge is 0.417 e. The van der Waals surface area contributed by atoms with E-state index < -0.39 is 48.5 Å². The van der Waals surface area contributed by atoms with Crippen LogP contribution in [0.2, 0.25) is 28.2 Å². The summed E-state index contributed by atoms with van der Waals surface area (Å²) < 4.78 is 77.1. The van der Waals surface area contributed by atoms with E-state index in [9.17, 15) is 26.7 Å². The first-order valence-corrected chi connectivity index (χ1v) is 18.1. The molecular formula is C28H31Cl2F3N4O4SSi. The molecule has 15 heteroatoms. The third-order valence-corrected chi connectivity index (χ3v) is 15.5. The quantitative estimate of drug-likeness (QED) is 0.154. The molecule has 8 nitrogen and oxygen atoms in total. The zero-order valence-corrected chi connectivity index (χ0v) is 27.6. The number of methoxy groups -OCH3 is 1. The Morgan fingerprint density at radius 2 is 1.74 bits per heavy atom. The number of halogens is 5. The van der Waals surface area contributed by atoms with E-state index in [0.717, 1.165) is 6.07 Å². The Hall–Kier alpha value is -2.68. The van der Waals surface area contributed by atoms with Crippen LogP contribution in [0.4, 0.5) is 18.9 Å². The molecule has 0 aliphatic carbocycles. The number of sulfonamides is 1. The van der Waals surface area contributed by atoms with Crippen LogP contribution in [0.15, 0.2) is 59.9 Å². The number of aromatic nitrogens is 3. The number of aliphatic hydroxyl groups excluding tert-OH is 1. The lowest BCUT2D eigenvalue weighted by atomic mass is 10.0. The van der Waals surface area contributed by atoms with Crippen LogP contribution in [-0.2, 0) is 20.9 Å². The monoisotopic (exact) mass is 674 g/mol. The average molecular weight is 676 g/mol. The minimum absolute atomic E-state index is 0.0586. The van der Waals surface area contributed by atoms with Crippen molar-refractivity contribution < 1.29 is 31.4 Å². The summed E-state index contributed by atoms with van der Waals surface area (Å²) in [5.41, 5.74) is -1.19. The first-order chi connectivity index (χ1) is 19.8. The second-order valence-corrected chi connectivity index (χ2v) is 19.3. The summed E-state index contributed by atoms with van der Waals surface area (Å²) in [6, 6.07) is 7.43. The van der Waals surface area contributed by atoms with Crippen molar-refractivity contribution >= 4 is 58.2 Å². The maximum absolute atomic E-state index is 13.9. The van der Waals surface area contributed by atoms with Gasteiger partial charge in [-0.05, 0) is 53.2 Å². The molecule has 0 saturated heterocycles. The van der Waals surface area contributed by atoms with Gasteiger partial charge in [-0.15, -0.1) is 0 Å². The van der Waals surface area contributed by atoms with Gasteiger partial charge >= 0.3 is 6.18 Å². The third-order valence-electron chi connectivity index (χ3n) is 7.83. The van der Waals surface area contributed by atoms with Crippen molar-refractivity contribution in [3.8, 4) is 0 Å². The van der Waals surface area contributed by atoms with Gasteiger partial charge in [0, 0.05) is 24.9 Å². The van der Waals surface area contributed by atoms with Crippen LogP contribution in [0.3, 0.4) is 0 Å². The second kappa shape index (κ2) is 11.7. The first-order valence-electron chi connectivity index (χ1n) is 13.0. The molecule has 4 aromatic rings. The minimum atomic E-state index is -4.86. The molecule has 0 saturated carbocycles. The van der Waals surface area contributed by atoms with Gasteiger partial charge < -0.3 is 14.1 Å². The summed E-state index contributed by atoms with van der Waals surface area (Å²) in [6.45, 7) is 10.1. The number of pyridine rings is 2. The summed E-state index contributed by atoms with van der Waals surface area (Å²) in [7, 11) is -5.57. The van der Waals surface area contributed by atoms with Gasteiger partial charge in [-0.2, -0.15) is 13.2 Å². The molecule has 0 aliphatic rings. The van der Waals surface area contributed by atoms with E-state index in [0.29, 0.717) is 33.2 Å². The standard InChI is InChI=1S/C28H31Cl2F3N4O4SSi/c1-27(2,3)43(5,6)37-12-10-20-19(9-11-34-26(20)37)25(38)24-23(13-17(15-35-24)28(31,32)33)36(16-41-4)42(39,40)18-7-8-21(29)22(30)14-18/h7-15,25,38H,16H2,1-6H3. The maximum atomic E-state index is 13.9. The van der Waals surface area contributed by atoms with E-state index >= 15 is 0 Å². The Labute approximate surface area is 259 Å². The number of nitrogens with zero attached hydrogens (tertiary/aromatic N) is 4. The minimum Gasteiger partial charge on any atom is -0.382 e. The molecule has 4 rings (SSSR count). The lowest BCUT2D eigenvalue weighted by molar-refractivity contribution is -0.137. The molecule has 0 aliphatic heterocycles. The van der Waals surface area contributed by atoms with Crippen LogP contribution >= 0.6 is 23.2 Å². The molecule has 0 fully saturated rings.